The number of benzene rings is 1. The molecule has 0 aliphatic heterocycles. The van der Waals surface area contributed by atoms with E-state index in [4.69, 9.17) is 0 Å². The Balaban J connectivity index is 1.82. The summed E-state index contributed by atoms with van der Waals surface area (Å²) in [6.45, 7) is 3.38. The highest BCUT2D eigenvalue weighted by molar-refractivity contribution is 5.85. The van der Waals surface area contributed by atoms with Crippen molar-refractivity contribution in [2.75, 3.05) is 6.54 Å². The summed E-state index contributed by atoms with van der Waals surface area (Å²) in [5, 5.41) is 6.32. The number of aromatic nitrogens is 1. The molecule has 2 nitrogen and oxygen atoms in total. The van der Waals surface area contributed by atoms with Crippen LogP contribution in [0.2, 0.25) is 0 Å². The van der Waals surface area contributed by atoms with Gasteiger partial charge >= 0.3 is 0 Å². The van der Waals surface area contributed by atoms with E-state index in [-0.39, 0.29) is 0 Å². The van der Waals surface area contributed by atoms with Crippen LogP contribution in [-0.4, -0.2) is 17.6 Å². The van der Waals surface area contributed by atoms with Crippen LogP contribution in [-0.2, 0) is 0 Å². The maximum Gasteiger partial charge on any atom is 0.0349 e. The van der Waals surface area contributed by atoms with Gasteiger partial charge in [0.1, 0.15) is 0 Å². The molecule has 1 saturated carbocycles. The van der Waals surface area contributed by atoms with E-state index in [9.17, 15) is 0 Å². The van der Waals surface area contributed by atoms with Crippen molar-refractivity contribution in [2.24, 2.45) is 0 Å². The van der Waals surface area contributed by atoms with Gasteiger partial charge in [0.15, 0.2) is 0 Å². The Kier molecular flexibility index (Phi) is 3.79. The van der Waals surface area contributed by atoms with Crippen LogP contribution in [0.15, 0.2) is 36.7 Å². The van der Waals surface area contributed by atoms with Crippen molar-refractivity contribution in [1.82, 2.24) is 10.3 Å². The first-order valence-corrected chi connectivity index (χ1v) is 7.44. The molecule has 2 aromatic rings. The first-order chi connectivity index (χ1) is 9.38. The quantitative estimate of drug-likeness (QED) is 0.896. The molecule has 0 saturated heterocycles. The van der Waals surface area contributed by atoms with E-state index in [2.05, 4.69) is 41.5 Å². The van der Waals surface area contributed by atoms with E-state index in [1.807, 2.05) is 12.4 Å². The van der Waals surface area contributed by atoms with E-state index in [1.165, 1.54) is 42.0 Å². The molecule has 1 aromatic heterocycles. The normalized spacial score (nSPS) is 23.0. The molecule has 2 atom stereocenters. The third-order valence-electron chi connectivity index (χ3n) is 4.27. The van der Waals surface area contributed by atoms with Crippen LogP contribution >= 0.6 is 0 Å². The Bertz CT molecular complexity index is 544. The molecule has 1 aliphatic rings. The van der Waals surface area contributed by atoms with Crippen LogP contribution in [0.4, 0.5) is 0 Å². The van der Waals surface area contributed by atoms with Gasteiger partial charge in [-0.25, -0.2) is 0 Å². The van der Waals surface area contributed by atoms with Crippen LogP contribution in [0.1, 0.15) is 44.1 Å². The van der Waals surface area contributed by atoms with E-state index in [1.54, 1.807) is 0 Å². The predicted octanol–water partition coefficient (Wildman–Crippen LogP) is 3.87. The van der Waals surface area contributed by atoms with Gasteiger partial charge in [0.25, 0.3) is 0 Å². The van der Waals surface area contributed by atoms with Crippen LogP contribution < -0.4 is 5.32 Å². The monoisotopic (exact) mass is 254 g/mol. The van der Waals surface area contributed by atoms with Crippen molar-refractivity contribution in [1.29, 1.82) is 0 Å². The molecule has 19 heavy (non-hydrogen) atoms. The summed E-state index contributed by atoms with van der Waals surface area (Å²) < 4.78 is 0. The van der Waals surface area contributed by atoms with Crippen molar-refractivity contribution in [3.05, 3.63) is 42.2 Å². The number of rotatable bonds is 4. The summed E-state index contributed by atoms with van der Waals surface area (Å²) in [5.74, 6) is 0.697. The van der Waals surface area contributed by atoms with Gasteiger partial charge < -0.3 is 5.32 Å². The number of pyridine rings is 1. The zero-order chi connectivity index (χ0) is 13.1. The average molecular weight is 254 g/mol. The van der Waals surface area contributed by atoms with E-state index >= 15 is 0 Å². The lowest BCUT2D eigenvalue weighted by Crippen LogP contribution is -2.26. The minimum atomic E-state index is 0.697. The molecule has 2 unspecified atom stereocenters. The Morgan fingerprint density at radius 2 is 2.21 bits per heavy atom. The minimum absolute atomic E-state index is 0.697. The van der Waals surface area contributed by atoms with Gasteiger partial charge in [-0.15, -0.1) is 0 Å². The van der Waals surface area contributed by atoms with Crippen molar-refractivity contribution < 1.29 is 0 Å². The molecule has 0 amide bonds. The highest BCUT2D eigenvalue weighted by Crippen LogP contribution is 2.37. The van der Waals surface area contributed by atoms with Gasteiger partial charge in [0.2, 0.25) is 0 Å². The molecule has 1 N–H and O–H groups in total. The van der Waals surface area contributed by atoms with Crippen molar-refractivity contribution in [2.45, 2.75) is 44.6 Å². The number of nitrogens with zero attached hydrogens (tertiary/aromatic N) is 1. The molecule has 1 heterocycles. The average Bonchev–Trinajstić information content (AvgIpc) is 2.93. The van der Waals surface area contributed by atoms with E-state index in [0.29, 0.717) is 12.0 Å². The molecule has 0 spiro atoms. The second-order valence-electron chi connectivity index (χ2n) is 5.61. The maximum absolute atomic E-state index is 4.30. The minimum Gasteiger partial charge on any atom is -0.314 e. The summed E-state index contributed by atoms with van der Waals surface area (Å²) in [4.78, 5) is 4.30. The Hall–Kier alpha value is -1.41. The fraction of sp³-hybridized carbons (Fsp3) is 0.471. The summed E-state index contributed by atoms with van der Waals surface area (Å²) in [7, 11) is 0. The third-order valence-corrected chi connectivity index (χ3v) is 4.27. The Morgan fingerprint density at radius 1 is 1.26 bits per heavy atom. The van der Waals surface area contributed by atoms with Gasteiger partial charge in [0, 0.05) is 23.8 Å². The molecule has 3 rings (SSSR count). The van der Waals surface area contributed by atoms with Crippen LogP contribution in [0.25, 0.3) is 10.8 Å². The first kappa shape index (κ1) is 12.6. The molecule has 0 radical (unpaired) electrons. The van der Waals surface area contributed by atoms with Crippen molar-refractivity contribution in [3.63, 3.8) is 0 Å². The number of hydrogen-bond acceptors (Lipinski definition) is 2. The van der Waals surface area contributed by atoms with Gasteiger partial charge in [-0.05, 0) is 55.2 Å². The van der Waals surface area contributed by atoms with Crippen LogP contribution in [0.5, 0.6) is 0 Å². The Labute approximate surface area is 115 Å². The number of nitrogens with one attached hydrogen (secondary N) is 1. The first-order valence-electron chi connectivity index (χ1n) is 7.44. The van der Waals surface area contributed by atoms with Crippen molar-refractivity contribution in [3.8, 4) is 0 Å². The second-order valence-corrected chi connectivity index (χ2v) is 5.61. The van der Waals surface area contributed by atoms with Crippen molar-refractivity contribution >= 4 is 10.8 Å². The standard InChI is InChI=1S/C17H22N2/c1-2-9-19-15-7-6-14(11-15)16-5-3-4-13-8-10-18-12-17(13)16/h3-5,8,10,12,14-15,19H,2,6-7,9,11H2,1H3. The van der Waals surface area contributed by atoms with Gasteiger partial charge in [-0.1, -0.05) is 25.1 Å². The SMILES string of the molecule is CCCNC1CCC(c2cccc3ccncc23)C1. The summed E-state index contributed by atoms with van der Waals surface area (Å²) >= 11 is 0. The molecule has 1 fully saturated rings. The van der Waals surface area contributed by atoms with Gasteiger partial charge in [0.05, 0.1) is 0 Å². The predicted molar refractivity (Wildman–Crippen MR) is 80.4 cm³/mol. The fourth-order valence-electron chi connectivity index (χ4n) is 3.29. The molecule has 1 aliphatic carbocycles. The molecule has 100 valence electrons. The van der Waals surface area contributed by atoms with Crippen LogP contribution in [0, 0.1) is 0 Å². The molecule has 2 heteroatoms. The smallest absolute Gasteiger partial charge is 0.0349 e. The highest BCUT2D eigenvalue weighted by Gasteiger charge is 2.26. The lowest BCUT2D eigenvalue weighted by Gasteiger charge is -2.15. The second kappa shape index (κ2) is 5.70. The lowest BCUT2D eigenvalue weighted by molar-refractivity contribution is 0.517. The van der Waals surface area contributed by atoms with E-state index < -0.39 is 0 Å². The molecule has 0 bridgehead atoms. The van der Waals surface area contributed by atoms with Gasteiger partial charge in [-0.2, -0.15) is 0 Å². The number of fused-ring (bicyclic) bond motifs is 1. The third kappa shape index (κ3) is 2.64. The zero-order valence-corrected chi connectivity index (χ0v) is 11.6. The van der Waals surface area contributed by atoms with E-state index in [0.717, 1.165) is 6.54 Å². The number of hydrogen-bond donors (Lipinski definition) is 1. The summed E-state index contributed by atoms with van der Waals surface area (Å²) in [6.07, 6.45) is 9.01. The Morgan fingerprint density at radius 3 is 3.11 bits per heavy atom. The zero-order valence-electron chi connectivity index (χ0n) is 11.6. The topological polar surface area (TPSA) is 24.9 Å². The maximum atomic E-state index is 4.30. The van der Waals surface area contributed by atoms with Gasteiger partial charge in [-0.3, -0.25) is 4.98 Å². The molecular weight excluding hydrogens is 232 g/mol. The highest BCUT2D eigenvalue weighted by atomic mass is 14.9. The summed E-state index contributed by atoms with van der Waals surface area (Å²) in [6, 6.07) is 9.47. The largest absolute Gasteiger partial charge is 0.314 e. The fourth-order valence-corrected chi connectivity index (χ4v) is 3.29. The molecule has 1 aromatic carbocycles. The lowest BCUT2D eigenvalue weighted by atomic mass is 9.93. The summed E-state index contributed by atoms with van der Waals surface area (Å²) in [5.41, 5.74) is 1.49. The van der Waals surface area contributed by atoms with Crippen LogP contribution in [0.3, 0.4) is 0 Å². The molecular formula is C17H22N2.